The van der Waals surface area contributed by atoms with E-state index in [-0.39, 0.29) is 5.91 Å². The maximum atomic E-state index is 12.5. The average molecular weight is 484 g/mol. The molecular formula is C31H37N3O2. The fourth-order valence-corrected chi connectivity index (χ4v) is 4.37. The molecule has 0 bridgehead atoms. The van der Waals surface area contributed by atoms with E-state index in [1.807, 2.05) is 36.4 Å². The zero-order valence-corrected chi connectivity index (χ0v) is 21.5. The minimum Gasteiger partial charge on any atom is -0.494 e. The topological polar surface area (TPSA) is 56.1 Å². The molecule has 1 N–H and O–H groups in total. The Kier molecular flexibility index (Phi) is 9.15. The number of aryl methyl sites for hydroxylation is 2. The van der Waals surface area contributed by atoms with Crippen LogP contribution in [-0.4, -0.2) is 22.1 Å². The van der Waals surface area contributed by atoms with Crippen molar-refractivity contribution in [2.75, 3.05) is 6.61 Å². The van der Waals surface area contributed by atoms with Crippen molar-refractivity contribution in [3.63, 3.8) is 0 Å². The first-order valence-electron chi connectivity index (χ1n) is 13.1. The zero-order valence-electron chi connectivity index (χ0n) is 21.5. The van der Waals surface area contributed by atoms with E-state index in [1.54, 1.807) is 0 Å². The van der Waals surface area contributed by atoms with Gasteiger partial charge in [0.2, 0.25) is 5.91 Å². The summed E-state index contributed by atoms with van der Waals surface area (Å²) in [5.74, 6) is 2.44. The van der Waals surface area contributed by atoms with E-state index >= 15 is 0 Å². The molecule has 0 aliphatic heterocycles. The molecule has 0 aliphatic rings. The summed E-state index contributed by atoms with van der Waals surface area (Å²) >= 11 is 0. The highest BCUT2D eigenvalue weighted by Crippen LogP contribution is 2.22. The number of aromatic nitrogens is 2. The Morgan fingerprint density at radius 1 is 0.972 bits per heavy atom. The molecule has 1 heterocycles. The standard InChI is InChI=1S/C31H37N3O2/c1-3-24(2)26-16-18-27(19-17-26)36-22-10-9-21-34-29-14-8-7-13-28(29)33-30(34)23-32-31(35)20-15-25-11-5-4-6-12-25/h4-8,11-14,16-19,24H,3,9-10,15,20-23H2,1-2H3,(H,32,35). The number of fused-ring (bicyclic) bond motifs is 1. The van der Waals surface area contributed by atoms with Gasteiger partial charge >= 0.3 is 0 Å². The third kappa shape index (κ3) is 6.97. The number of carbonyl (C=O) groups excluding carboxylic acids is 1. The predicted octanol–water partition coefficient (Wildman–Crippen LogP) is 6.66. The predicted molar refractivity (Wildman–Crippen MR) is 146 cm³/mol. The quantitative estimate of drug-likeness (QED) is 0.216. The van der Waals surface area contributed by atoms with Crippen LogP contribution in [0.3, 0.4) is 0 Å². The van der Waals surface area contributed by atoms with Crippen molar-refractivity contribution in [3.8, 4) is 5.75 Å². The number of para-hydroxylation sites is 2. The molecule has 36 heavy (non-hydrogen) atoms. The number of amides is 1. The second-order valence-electron chi connectivity index (χ2n) is 9.36. The highest BCUT2D eigenvalue weighted by Gasteiger charge is 2.12. The maximum Gasteiger partial charge on any atom is 0.220 e. The van der Waals surface area contributed by atoms with E-state index in [9.17, 15) is 4.79 Å². The van der Waals surface area contributed by atoms with Crippen molar-refractivity contribution in [3.05, 3.63) is 95.8 Å². The molecule has 0 saturated heterocycles. The van der Waals surface area contributed by atoms with Crippen LogP contribution in [0.4, 0.5) is 0 Å². The van der Waals surface area contributed by atoms with Crippen LogP contribution in [-0.2, 0) is 24.3 Å². The number of unbranched alkanes of at least 4 members (excludes halogenated alkanes) is 1. The number of carbonyl (C=O) groups is 1. The molecule has 4 aromatic rings. The van der Waals surface area contributed by atoms with Gasteiger partial charge in [0.1, 0.15) is 11.6 Å². The number of rotatable bonds is 13. The van der Waals surface area contributed by atoms with Crippen LogP contribution >= 0.6 is 0 Å². The van der Waals surface area contributed by atoms with Gasteiger partial charge in [-0.25, -0.2) is 4.98 Å². The third-order valence-electron chi connectivity index (χ3n) is 6.77. The lowest BCUT2D eigenvalue weighted by molar-refractivity contribution is -0.121. The maximum absolute atomic E-state index is 12.5. The summed E-state index contributed by atoms with van der Waals surface area (Å²) in [4.78, 5) is 17.3. The Morgan fingerprint density at radius 2 is 1.72 bits per heavy atom. The molecule has 5 nitrogen and oxygen atoms in total. The van der Waals surface area contributed by atoms with Crippen LogP contribution in [0.5, 0.6) is 5.75 Å². The number of nitrogens with one attached hydrogen (secondary N) is 1. The number of ether oxygens (including phenoxy) is 1. The van der Waals surface area contributed by atoms with Crippen molar-refractivity contribution in [2.24, 2.45) is 0 Å². The lowest BCUT2D eigenvalue weighted by atomic mass is 9.99. The van der Waals surface area contributed by atoms with E-state index in [1.165, 1.54) is 11.1 Å². The number of nitrogens with zero attached hydrogens (tertiary/aromatic N) is 2. The van der Waals surface area contributed by atoms with Gasteiger partial charge in [0, 0.05) is 13.0 Å². The Labute approximate surface area is 214 Å². The Morgan fingerprint density at radius 3 is 2.50 bits per heavy atom. The second kappa shape index (κ2) is 12.9. The monoisotopic (exact) mass is 483 g/mol. The summed E-state index contributed by atoms with van der Waals surface area (Å²) in [6.07, 6.45) is 4.27. The fourth-order valence-electron chi connectivity index (χ4n) is 4.37. The molecule has 1 aromatic heterocycles. The van der Waals surface area contributed by atoms with Crippen molar-refractivity contribution in [2.45, 2.75) is 65.0 Å². The summed E-state index contributed by atoms with van der Waals surface area (Å²) in [5.41, 5.74) is 4.60. The number of benzene rings is 3. The molecule has 188 valence electrons. The lowest BCUT2D eigenvalue weighted by Gasteiger charge is -2.12. The van der Waals surface area contributed by atoms with Crippen molar-refractivity contribution >= 4 is 16.9 Å². The molecule has 0 spiro atoms. The van der Waals surface area contributed by atoms with Crippen molar-refractivity contribution in [1.29, 1.82) is 0 Å². The number of imidazole rings is 1. The van der Waals surface area contributed by atoms with Gasteiger partial charge < -0.3 is 14.6 Å². The summed E-state index contributed by atoms with van der Waals surface area (Å²) in [6, 6.07) is 26.8. The molecule has 0 radical (unpaired) electrons. The van der Waals surface area contributed by atoms with Crippen LogP contribution in [0, 0.1) is 0 Å². The van der Waals surface area contributed by atoms with Gasteiger partial charge in [-0.3, -0.25) is 4.79 Å². The van der Waals surface area contributed by atoms with Gasteiger partial charge in [-0.1, -0.05) is 68.4 Å². The highest BCUT2D eigenvalue weighted by atomic mass is 16.5. The van der Waals surface area contributed by atoms with Crippen molar-refractivity contribution in [1.82, 2.24) is 14.9 Å². The first-order chi connectivity index (χ1) is 17.6. The lowest BCUT2D eigenvalue weighted by Crippen LogP contribution is -2.25. The van der Waals surface area contributed by atoms with Gasteiger partial charge in [-0.15, -0.1) is 0 Å². The van der Waals surface area contributed by atoms with Crippen molar-refractivity contribution < 1.29 is 9.53 Å². The minimum absolute atomic E-state index is 0.0465. The normalized spacial score (nSPS) is 11.9. The van der Waals surface area contributed by atoms with E-state index in [4.69, 9.17) is 9.72 Å². The molecular weight excluding hydrogens is 446 g/mol. The number of hydrogen-bond donors (Lipinski definition) is 1. The molecule has 5 heteroatoms. The number of hydrogen-bond acceptors (Lipinski definition) is 3. The van der Waals surface area contributed by atoms with Gasteiger partial charge in [0.25, 0.3) is 0 Å². The Hall–Kier alpha value is -3.60. The van der Waals surface area contributed by atoms with Gasteiger partial charge in [0.15, 0.2) is 0 Å². The summed E-state index contributed by atoms with van der Waals surface area (Å²) in [7, 11) is 0. The van der Waals surface area contributed by atoms with Crippen LogP contribution in [0.2, 0.25) is 0 Å². The molecule has 1 unspecified atom stereocenters. The summed E-state index contributed by atoms with van der Waals surface area (Å²) < 4.78 is 8.20. The Balaban J connectivity index is 1.27. The first-order valence-corrected chi connectivity index (χ1v) is 13.1. The molecule has 1 amide bonds. The van der Waals surface area contributed by atoms with Gasteiger partial charge in [-0.2, -0.15) is 0 Å². The minimum atomic E-state index is 0.0465. The average Bonchev–Trinajstić information content (AvgIpc) is 3.28. The fraction of sp³-hybridized carbons (Fsp3) is 0.355. The SMILES string of the molecule is CCC(C)c1ccc(OCCCCn2c(CNC(=O)CCc3ccccc3)nc3ccccc32)cc1. The molecule has 0 aliphatic carbocycles. The van der Waals surface area contributed by atoms with E-state index < -0.39 is 0 Å². The molecule has 3 aromatic carbocycles. The smallest absolute Gasteiger partial charge is 0.220 e. The van der Waals surface area contributed by atoms with E-state index in [2.05, 4.69) is 66.2 Å². The first kappa shape index (κ1) is 25.5. The third-order valence-corrected chi connectivity index (χ3v) is 6.77. The molecule has 0 fully saturated rings. The van der Waals surface area contributed by atoms with E-state index in [0.717, 1.165) is 54.8 Å². The van der Waals surface area contributed by atoms with Crippen LogP contribution in [0.25, 0.3) is 11.0 Å². The van der Waals surface area contributed by atoms with Crippen LogP contribution in [0.15, 0.2) is 78.9 Å². The van der Waals surface area contributed by atoms with Crippen LogP contribution in [0.1, 0.15) is 62.4 Å². The van der Waals surface area contributed by atoms with Gasteiger partial charge in [-0.05, 0) is 67.0 Å². The summed E-state index contributed by atoms with van der Waals surface area (Å²) in [6.45, 7) is 6.41. The largest absolute Gasteiger partial charge is 0.494 e. The Bertz CT molecular complexity index is 1230. The van der Waals surface area contributed by atoms with Gasteiger partial charge in [0.05, 0.1) is 24.2 Å². The highest BCUT2D eigenvalue weighted by molar-refractivity contribution is 5.77. The molecule has 1 atom stereocenters. The van der Waals surface area contributed by atoms with E-state index in [0.29, 0.717) is 25.5 Å². The van der Waals surface area contributed by atoms with Crippen LogP contribution < -0.4 is 10.1 Å². The summed E-state index contributed by atoms with van der Waals surface area (Å²) in [5, 5.41) is 3.06. The second-order valence-corrected chi connectivity index (χ2v) is 9.36. The molecule has 4 rings (SSSR count). The molecule has 0 saturated carbocycles. The zero-order chi connectivity index (χ0) is 25.2.